The average Bonchev–Trinajstić information content (AvgIpc) is 3.10. The summed E-state index contributed by atoms with van der Waals surface area (Å²) in [7, 11) is -0.822. The van der Waals surface area contributed by atoms with E-state index in [9.17, 15) is 0 Å². The third kappa shape index (κ3) is 5.41. The Morgan fingerprint density at radius 3 is 2.00 bits per heavy atom. The minimum absolute atomic E-state index is 0.0378. The standard InChI is InChI=1S/C39H32N2O3P2/c1-26-19-21-32-36(23-26)45(30-13-5-3-6-14-30)43-34-17-9-11-27-24-28-12-10-18-35(39(28)41-38(27)34)44-46(31-15-7-4-8-16-31)37-25-29(42-2)20-22-33(37)40-32/h3-21,23-25,33,40H,22H2,1-2H3. The van der Waals surface area contributed by atoms with Gasteiger partial charge >= 0.3 is 0 Å². The number of pyridine rings is 1. The van der Waals surface area contributed by atoms with Crippen molar-refractivity contribution < 1.29 is 13.8 Å². The Hall–Kier alpha value is -4.69. The Labute approximate surface area is 271 Å². The molecular formula is C39H32N2O3P2. The van der Waals surface area contributed by atoms with E-state index in [0.717, 1.165) is 72.4 Å². The lowest BCUT2D eigenvalue weighted by molar-refractivity contribution is 0.303. The van der Waals surface area contributed by atoms with Gasteiger partial charge in [-0.15, -0.1) is 0 Å². The molecule has 5 aromatic carbocycles. The lowest BCUT2D eigenvalue weighted by Gasteiger charge is -2.32. The van der Waals surface area contributed by atoms with Crippen LogP contribution in [0.4, 0.5) is 5.69 Å². The van der Waals surface area contributed by atoms with Gasteiger partial charge in [0.15, 0.2) is 19.6 Å². The Bertz CT molecular complexity index is 2130. The molecule has 0 saturated carbocycles. The highest BCUT2D eigenvalue weighted by atomic mass is 31.1. The lowest BCUT2D eigenvalue weighted by Crippen LogP contribution is -2.29. The normalized spacial score (nSPS) is 19.1. The number of rotatable bonds is 3. The molecule has 2 heterocycles. The van der Waals surface area contributed by atoms with E-state index in [1.54, 1.807) is 7.11 Å². The SMILES string of the molecule is COC1=CCC2Nc3ccc(C)cc3P(c3ccccc3)Oc3cccc4cc5cccc(c5nc34)OP(c3ccccc3)C2=C1. The predicted molar refractivity (Wildman–Crippen MR) is 193 cm³/mol. The summed E-state index contributed by atoms with van der Waals surface area (Å²) >= 11 is 0. The molecule has 46 heavy (non-hydrogen) atoms. The molecule has 0 saturated heterocycles. The minimum atomic E-state index is -1.28. The molecule has 8 rings (SSSR count). The smallest absolute Gasteiger partial charge is 0.153 e. The van der Waals surface area contributed by atoms with E-state index in [2.05, 4.69) is 121 Å². The van der Waals surface area contributed by atoms with Crippen LogP contribution < -0.4 is 30.3 Å². The summed E-state index contributed by atoms with van der Waals surface area (Å²) in [5.41, 5.74) is 3.85. The lowest BCUT2D eigenvalue weighted by atomic mass is 10.1. The van der Waals surface area contributed by atoms with Crippen LogP contribution in [0.3, 0.4) is 0 Å². The Morgan fingerprint density at radius 1 is 0.717 bits per heavy atom. The fraction of sp³-hybridized carbons (Fsp3) is 0.103. The molecule has 226 valence electrons. The number of aromatic nitrogens is 1. The molecule has 3 atom stereocenters. The van der Waals surface area contributed by atoms with Crippen molar-refractivity contribution in [2.24, 2.45) is 0 Å². The number of para-hydroxylation sites is 2. The molecule has 3 unspecified atom stereocenters. The van der Waals surface area contributed by atoms with E-state index in [-0.39, 0.29) is 6.04 Å². The molecule has 0 amide bonds. The predicted octanol–water partition coefficient (Wildman–Crippen LogP) is 8.84. The molecule has 6 aromatic rings. The van der Waals surface area contributed by atoms with Crippen molar-refractivity contribution in [3.05, 3.63) is 150 Å². The number of nitrogens with zero attached hydrogens (tertiary/aromatic N) is 1. The number of allylic oxidation sites excluding steroid dienone is 1. The molecule has 0 spiro atoms. The van der Waals surface area contributed by atoms with Crippen LogP contribution in [0.1, 0.15) is 12.0 Å². The van der Waals surface area contributed by atoms with Crippen LogP contribution in [0.25, 0.3) is 21.8 Å². The minimum Gasteiger partial charge on any atom is -0.497 e. The quantitative estimate of drug-likeness (QED) is 0.155. The molecule has 1 N–H and O–H groups in total. The summed E-state index contributed by atoms with van der Waals surface area (Å²) in [5.74, 6) is 2.34. The molecule has 5 nitrogen and oxygen atoms in total. The summed E-state index contributed by atoms with van der Waals surface area (Å²) in [6.07, 6.45) is 5.06. The molecule has 1 aliphatic carbocycles. The maximum absolute atomic E-state index is 7.14. The van der Waals surface area contributed by atoms with Gasteiger partial charge in [0.25, 0.3) is 0 Å². The zero-order valence-electron chi connectivity index (χ0n) is 25.6. The summed E-state index contributed by atoms with van der Waals surface area (Å²) < 4.78 is 20.1. The molecule has 1 aliphatic heterocycles. The highest BCUT2D eigenvalue weighted by molar-refractivity contribution is 7.69. The van der Waals surface area contributed by atoms with E-state index in [1.165, 1.54) is 5.56 Å². The number of benzene rings is 5. The van der Waals surface area contributed by atoms with E-state index < -0.39 is 16.3 Å². The van der Waals surface area contributed by atoms with Crippen LogP contribution in [0.2, 0.25) is 0 Å². The molecule has 7 heteroatoms. The fourth-order valence-electron chi connectivity index (χ4n) is 6.05. The summed E-state index contributed by atoms with van der Waals surface area (Å²) in [6, 6.07) is 42.2. The van der Waals surface area contributed by atoms with Gasteiger partial charge in [0.05, 0.1) is 13.2 Å². The zero-order chi connectivity index (χ0) is 31.0. The fourth-order valence-corrected chi connectivity index (χ4v) is 9.99. The van der Waals surface area contributed by atoms with E-state index in [0.29, 0.717) is 0 Å². The highest BCUT2D eigenvalue weighted by Crippen LogP contribution is 2.52. The monoisotopic (exact) mass is 638 g/mol. The van der Waals surface area contributed by atoms with Gasteiger partial charge in [0, 0.05) is 37.7 Å². The second kappa shape index (κ2) is 12.2. The number of anilines is 1. The first kappa shape index (κ1) is 28.8. The maximum Gasteiger partial charge on any atom is 0.153 e. The van der Waals surface area contributed by atoms with Crippen LogP contribution >= 0.6 is 16.3 Å². The van der Waals surface area contributed by atoms with Crippen LogP contribution in [-0.4, -0.2) is 18.1 Å². The first-order chi connectivity index (χ1) is 22.6. The van der Waals surface area contributed by atoms with Crippen molar-refractivity contribution in [3.63, 3.8) is 0 Å². The number of nitrogens with one attached hydrogen (secondary N) is 1. The van der Waals surface area contributed by atoms with Crippen molar-refractivity contribution in [2.45, 2.75) is 19.4 Å². The number of ether oxygens (including phenoxy) is 1. The van der Waals surface area contributed by atoms with Gasteiger partial charge in [0.2, 0.25) is 0 Å². The molecular weight excluding hydrogens is 606 g/mol. The molecule has 0 fully saturated rings. The van der Waals surface area contributed by atoms with E-state index >= 15 is 0 Å². The Kier molecular flexibility index (Phi) is 7.66. The molecule has 2 bridgehead atoms. The molecule has 1 aromatic heterocycles. The van der Waals surface area contributed by atoms with Crippen LogP contribution in [0.5, 0.6) is 11.5 Å². The number of aryl methyl sites for hydroxylation is 1. The summed E-state index contributed by atoms with van der Waals surface area (Å²) in [5, 5.41) is 10.5. The summed E-state index contributed by atoms with van der Waals surface area (Å²) in [6.45, 7) is 2.14. The van der Waals surface area contributed by atoms with Gasteiger partial charge in [-0.1, -0.05) is 96.6 Å². The number of hydrogen-bond acceptors (Lipinski definition) is 5. The average molecular weight is 639 g/mol. The van der Waals surface area contributed by atoms with Crippen molar-refractivity contribution >= 4 is 59.7 Å². The second-order valence-electron chi connectivity index (χ2n) is 11.4. The van der Waals surface area contributed by atoms with Gasteiger partial charge < -0.3 is 19.1 Å². The van der Waals surface area contributed by atoms with Crippen molar-refractivity contribution in [2.75, 3.05) is 12.4 Å². The van der Waals surface area contributed by atoms with Crippen LogP contribution in [0.15, 0.2) is 145 Å². The highest BCUT2D eigenvalue weighted by Gasteiger charge is 2.32. The number of fused-ring (bicyclic) bond motifs is 2. The first-order valence-corrected chi connectivity index (χ1v) is 17.9. The van der Waals surface area contributed by atoms with Gasteiger partial charge in [-0.25, -0.2) is 4.98 Å². The summed E-state index contributed by atoms with van der Waals surface area (Å²) in [4.78, 5) is 5.29. The van der Waals surface area contributed by atoms with Crippen molar-refractivity contribution in [1.29, 1.82) is 0 Å². The van der Waals surface area contributed by atoms with Gasteiger partial charge in [-0.2, -0.15) is 0 Å². The largest absolute Gasteiger partial charge is 0.497 e. The van der Waals surface area contributed by atoms with Crippen LogP contribution in [0, 0.1) is 6.92 Å². The third-order valence-corrected chi connectivity index (χ3v) is 12.3. The van der Waals surface area contributed by atoms with Gasteiger partial charge in [0.1, 0.15) is 24.9 Å². The number of hydrogen-bond donors (Lipinski definition) is 1. The topological polar surface area (TPSA) is 52.6 Å². The zero-order valence-corrected chi connectivity index (χ0v) is 27.3. The molecule has 2 aliphatic rings. The second-order valence-corrected chi connectivity index (χ2v) is 15.0. The van der Waals surface area contributed by atoms with Gasteiger partial charge in [-0.05, 0) is 55.8 Å². The third-order valence-electron chi connectivity index (χ3n) is 8.33. The van der Waals surface area contributed by atoms with Crippen LogP contribution in [-0.2, 0) is 4.74 Å². The maximum atomic E-state index is 7.14. The van der Waals surface area contributed by atoms with Crippen molar-refractivity contribution in [3.8, 4) is 11.5 Å². The first-order valence-electron chi connectivity index (χ1n) is 15.4. The Morgan fingerprint density at radius 2 is 1.35 bits per heavy atom. The van der Waals surface area contributed by atoms with E-state index in [1.807, 2.05) is 24.3 Å². The van der Waals surface area contributed by atoms with Gasteiger partial charge in [-0.3, -0.25) is 0 Å². The van der Waals surface area contributed by atoms with E-state index in [4.69, 9.17) is 18.8 Å². The Balaban J connectivity index is 1.42. The molecule has 0 radical (unpaired) electrons. The number of methoxy groups -OCH3 is 1. The van der Waals surface area contributed by atoms with Crippen molar-refractivity contribution in [1.82, 2.24) is 4.98 Å².